The summed E-state index contributed by atoms with van der Waals surface area (Å²) in [5, 5.41) is 14.1. The summed E-state index contributed by atoms with van der Waals surface area (Å²) in [6.07, 6.45) is 4.64. The molecule has 1 aliphatic heterocycles. The molecule has 3 rings (SSSR count). The average Bonchev–Trinajstić information content (AvgIpc) is 3.04. The molecule has 0 atom stereocenters. The maximum Gasteiger partial charge on any atom is 0.357 e. The Hall–Kier alpha value is -3.80. The molecule has 11 heteroatoms. The maximum atomic E-state index is 12.7. The Bertz CT molecular complexity index is 1210. The Balaban J connectivity index is 0.00000363. The quantitative estimate of drug-likeness (QED) is 0.439. The smallest absolute Gasteiger partial charge is 0.357 e. The number of hydrogen-bond acceptors (Lipinski definition) is 7. The van der Waals surface area contributed by atoms with Crippen molar-refractivity contribution < 1.29 is 27.7 Å². The second-order valence-electron chi connectivity index (χ2n) is 6.77. The van der Waals surface area contributed by atoms with Crippen LogP contribution in [-0.4, -0.2) is 49.8 Å². The topological polar surface area (TPSA) is 163 Å². The standard InChI is InChI=1S/C21H19N3O6S.H3N/c1-23(2)15-8-6-14(7-9-15)4-3-5-18-19(21(26)27)22-24(20(18)25)16-10-12-17(13-11-16)31(28,29)30;/h3-13H,1-2H3,(H,26,27)(H,28,29,30);1H3/b4-3+,18-5-;. The van der Waals surface area contributed by atoms with Crippen molar-refractivity contribution in [2.24, 2.45) is 5.10 Å². The van der Waals surface area contributed by atoms with Gasteiger partial charge in [0.15, 0.2) is 5.71 Å². The molecule has 2 aromatic rings. The minimum absolute atomic E-state index is 0. The van der Waals surface area contributed by atoms with Crippen LogP contribution < -0.4 is 16.1 Å². The molecule has 32 heavy (non-hydrogen) atoms. The Labute approximate surface area is 185 Å². The Morgan fingerprint density at radius 3 is 2.16 bits per heavy atom. The van der Waals surface area contributed by atoms with E-state index in [4.69, 9.17) is 4.55 Å². The summed E-state index contributed by atoms with van der Waals surface area (Å²) in [4.78, 5) is 25.9. The Morgan fingerprint density at radius 2 is 1.66 bits per heavy atom. The Morgan fingerprint density at radius 1 is 1.06 bits per heavy atom. The molecule has 0 radical (unpaired) electrons. The fourth-order valence-electron chi connectivity index (χ4n) is 2.80. The van der Waals surface area contributed by atoms with Gasteiger partial charge in [0.25, 0.3) is 16.0 Å². The van der Waals surface area contributed by atoms with Crippen LogP contribution in [0.15, 0.2) is 76.3 Å². The first-order chi connectivity index (χ1) is 14.6. The molecule has 1 aliphatic rings. The number of allylic oxidation sites excluding steroid dienone is 2. The second-order valence-corrected chi connectivity index (χ2v) is 8.19. The molecule has 10 nitrogen and oxygen atoms in total. The fourth-order valence-corrected chi connectivity index (χ4v) is 3.28. The fraction of sp³-hybridized carbons (Fsp3) is 0.0952. The van der Waals surface area contributed by atoms with Crippen LogP contribution in [0, 0.1) is 0 Å². The van der Waals surface area contributed by atoms with E-state index in [0.717, 1.165) is 28.4 Å². The molecular weight excluding hydrogens is 436 g/mol. The summed E-state index contributed by atoms with van der Waals surface area (Å²) in [6.45, 7) is 0. The predicted octanol–water partition coefficient (Wildman–Crippen LogP) is 2.59. The van der Waals surface area contributed by atoms with E-state index in [0.29, 0.717) is 0 Å². The maximum absolute atomic E-state index is 12.7. The molecule has 0 bridgehead atoms. The van der Waals surface area contributed by atoms with Gasteiger partial charge in [-0.2, -0.15) is 18.5 Å². The molecule has 0 aromatic heterocycles. The Kier molecular flexibility index (Phi) is 7.31. The number of hydrogen-bond donors (Lipinski definition) is 3. The number of amides is 1. The van der Waals surface area contributed by atoms with E-state index in [2.05, 4.69) is 5.10 Å². The zero-order chi connectivity index (χ0) is 22.8. The molecule has 1 amide bonds. The monoisotopic (exact) mass is 458 g/mol. The van der Waals surface area contributed by atoms with Crippen molar-refractivity contribution in [3.8, 4) is 0 Å². The first kappa shape index (κ1) is 24.5. The molecule has 1 heterocycles. The van der Waals surface area contributed by atoms with Gasteiger partial charge in [-0.1, -0.05) is 24.3 Å². The SMILES string of the molecule is CN(C)c1ccc(/C=C/C=C2\C(=O)N(c3ccc(S(=O)(=O)O)cc3)N=C2C(=O)O)cc1.N. The number of rotatable bonds is 6. The van der Waals surface area contributed by atoms with Crippen molar-refractivity contribution in [2.75, 3.05) is 24.0 Å². The second kappa shape index (κ2) is 9.56. The van der Waals surface area contributed by atoms with Gasteiger partial charge in [0, 0.05) is 19.8 Å². The molecule has 0 unspecified atom stereocenters. The highest BCUT2D eigenvalue weighted by atomic mass is 32.2. The predicted molar refractivity (Wildman–Crippen MR) is 122 cm³/mol. The van der Waals surface area contributed by atoms with Crippen molar-refractivity contribution in [1.29, 1.82) is 0 Å². The van der Waals surface area contributed by atoms with Crippen LogP contribution in [0.3, 0.4) is 0 Å². The number of carbonyl (C=O) groups is 2. The van der Waals surface area contributed by atoms with E-state index >= 15 is 0 Å². The number of hydrazone groups is 1. The first-order valence-corrected chi connectivity index (χ1v) is 10.4. The number of benzene rings is 2. The van der Waals surface area contributed by atoms with E-state index in [1.165, 1.54) is 18.2 Å². The number of carboxylic acid groups (broad SMARTS) is 1. The molecule has 0 saturated heterocycles. The molecule has 0 saturated carbocycles. The summed E-state index contributed by atoms with van der Waals surface area (Å²) in [7, 11) is -0.541. The average molecular weight is 458 g/mol. The van der Waals surface area contributed by atoms with Gasteiger partial charge in [-0.15, -0.1) is 0 Å². The highest BCUT2D eigenvalue weighted by Crippen LogP contribution is 2.25. The van der Waals surface area contributed by atoms with Crippen molar-refractivity contribution >= 4 is 45.2 Å². The van der Waals surface area contributed by atoms with Crippen molar-refractivity contribution in [3.05, 3.63) is 71.8 Å². The molecule has 5 N–H and O–H groups in total. The van der Waals surface area contributed by atoms with Crippen molar-refractivity contribution in [2.45, 2.75) is 4.90 Å². The third-order valence-electron chi connectivity index (χ3n) is 4.42. The van der Waals surface area contributed by atoms with Crippen molar-refractivity contribution in [3.63, 3.8) is 0 Å². The van der Waals surface area contributed by atoms with Crippen LogP contribution in [0.4, 0.5) is 11.4 Å². The van der Waals surface area contributed by atoms with E-state index in [1.807, 2.05) is 43.3 Å². The highest BCUT2D eigenvalue weighted by Gasteiger charge is 2.34. The lowest BCUT2D eigenvalue weighted by molar-refractivity contribution is -0.129. The van der Waals surface area contributed by atoms with Crippen LogP contribution in [0.5, 0.6) is 0 Å². The van der Waals surface area contributed by atoms with E-state index in [-0.39, 0.29) is 22.3 Å². The molecule has 0 spiro atoms. The van der Waals surface area contributed by atoms with Crippen LogP contribution in [0.2, 0.25) is 0 Å². The van der Waals surface area contributed by atoms with Crippen LogP contribution in [0.1, 0.15) is 5.56 Å². The third-order valence-corrected chi connectivity index (χ3v) is 5.29. The summed E-state index contributed by atoms with van der Waals surface area (Å²) < 4.78 is 31.4. The molecule has 0 aliphatic carbocycles. The van der Waals surface area contributed by atoms with Gasteiger partial charge in [-0.3, -0.25) is 9.35 Å². The highest BCUT2D eigenvalue weighted by molar-refractivity contribution is 7.85. The lowest BCUT2D eigenvalue weighted by Gasteiger charge is -2.11. The molecule has 168 valence electrons. The minimum Gasteiger partial charge on any atom is -0.476 e. The summed E-state index contributed by atoms with van der Waals surface area (Å²) >= 11 is 0. The third kappa shape index (κ3) is 5.27. The van der Waals surface area contributed by atoms with Crippen LogP contribution in [-0.2, 0) is 19.7 Å². The number of nitrogens with zero attached hydrogens (tertiary/aromatic N) is 3. The summed E-state index contributed by atoms with van der Waals surface area (Å²) in [6, 6.07) is 12.3. The largest absolute Gasteiger partial charge is 0.476 e. The molecule has 0 fully saturated rings. The van der Waals surface area contributed by atoms with Crippen LogP contribution in [0.25, 0.3) is 6.08 Å². The number of anilines is 2. The van der Waals surface area contributed by atoms with Gasteiger partial charge >= 0.3 is 5.97 Å². The number of carboxylic acids is 1. The zero-order valence-corrected chi connectivity index (χ0v) is 18.2. The van der Waals surface area contributed by atoms with Gasteiger partial charge in [0.1, 0.15) is 0 Å². The van der Waals surface area contributed by atoms with Gasteiger partial charge in [-0.05, 0) is 48.0 Å². The lowest BCUT2D eigenvalue weighted by atomic mass is 10.1. The van der Waals surface area contributed by atoms with E-state index < -0.39 is 27.7 Å². The number of carbonyl (C=O) groups excluding carboxylic acids is 1. The van der Waals surface area contributed by atoms with E-state index in [1.54, 1.807) is 12.2 Å². The molecular formula is C21H22N4O6S. The van der Waals surface area contributed by atoms with Crippen LogP contribution >= 0.6 is 0 Å². The minimum atomic E-state index is -4.39. The number of aliphatic carboxylic acids is 1. The van der Waals surface area contributed by atoms with Gasteiger partial charge in [0.05, 0.1) is 16.2 Å². The van der Waals surface area contributed by atoms with E-state index in [9.17, 15) is 23.1 Å². The van der Waals surface area contributed by atoms with Gasteiger partial charge in [-0.25, -0.2) is 4.79 Å². The molecule has 2 aromatic carbocycles. The summed E-state index contributed by atoms with van der Waals surface area (Å²) in [5.74, 6) is -2.05. The van der Waals surface area contributed by atoms with Gasteiger partial charge in [0.2, 0.25) is 0 Å². The normalized spacial score (nSPS) is 15.1. The first-order valence-electron chi connectivity index (χ1n) is 8.98. The van der Waals surface area contributed by atoms with Crippen molar-refractivity contribution in [1.82, 2.24) is 6.15 Å². The lowest BCUT2D eigenvalue weighted by Crippen LogP contribution is -2.22. The summed E-state index contributed by atoms with van der Waals surface area (Å²) in [5.41, 5.74) is 1.49. The van der Waals surface area contributed by atoms with Gasteiger partial charge < -0.3 is 16.2 Å². The zero-order valence-electron chi connectivity index (χ0n) is 17.3.